The van der Waals surface area contributed by atoms with Gasteiger partial charge in [0.2, 0.25) is 0 Å². The van der Waals surface area contributed by atoms with Crippen LogP contribution in [0.4, 0.5) is 5.82 Å². The summed E-state index contributed by atoms with van der Waals surface area (Å²) < 4.78 is 0. The Morgan fingerprint density at radius 2 is 1.63 bits per heavy atom. The SMILES string of the molecule is CC(C)(C)c1cc(N2CCN(Cc3cccnc3)CC2)nc(C(C)(C)C)n1. The monoisotopic (exact) mass is 367 g/mol. The van der Waals surface area contributed by atoms with Crippen molar-refractivity contribution in [3.05, 3.63) is 47.7 Å². The first kappa shape index (κ1) is 19.7. The minimum absolute atomic E-state index is 0.0137. The van der Waals surface area contributed by atoms with Crippen molar-refractivity contribution in [3.8, 4) is 0 Å². The summed E-state index contributed by atoms with van der Waals surface area (Å²) in [5, 5.41) is 0. The molecule has 3 heterocycles. The minimum Gasteiger partial charge on any atom is -0.354 e. The zero-order valence-electron chi connectivity index (χ0n) is 17.7. The molecule has 0 spiro atoms. The van der Waals surface area contributed by atoms with Gasteiger partial charge in [-0.15, -0.1) is 0 Å². The largest absolute Gasteiger partial charge is 0.354 e. The number of hydrogen-bond donors (Lipinski definition) is 0. The van der Waals surface area contributed by atoms with E-state index >= 15 is 0 Å². The molecule has 0 N–H and O–H groups in total. The van der Waals surface area contributed by atoms with Crippen LogP contribution in [0.3, 0.4) is 0 Å². The third kappa shape index (κ3) is 5.04. The first-order valence-electron chi connectivity index (χ1n) is 9.89. The highest BCUT2D eigenvalue weighted by Gasteiger charge is 2.26. The van der Waals surface area contributed by atoms with Crippen LogP contribution in [-0.4, -0.2) is 46.0 Å². The fraction of sp³-hybridized carbons (Fsp3) is 0.591. The molecule has 1 fully saturated rings. The molecular weight excluding hydrogens is 334 g/mol. The van der Waals surface area contributed by atoms with Gasteiger partial charge in [-0.3, -0.25) is 9.88 Å². The van der Waals surface area contributed by atoms with Crippen LogP contribution in [0.15, 0.2) is 30.6 Å². The van der Waals surface area contributed by atoms with Gasteiger partial charge in [-0.1, -0.05) is 47.6 Å². The second-order valence-electron chi connectivity index (χ2n) is 9.56. The molecule has 2 aromatic heterocycles. The zero-order chi connectivity index (χ0) is 19.7. The van der Waals surface area contributed by atoms with E-state index in [-0.39, 0.29) is 10.8 Å². The molecule has 0 amide bonds. The lowest BCUT2D eigenvalue weighted by Crippen LogP contribution is -2.46. The quantitative estimate of drug-likeness (QED) is 0.826. The Morgan fingerprint density at radius 3 is 2.19 bits per heavy atom. The van der Waals surface area contributed by atoms with E-state index in [0.29, 0.717) is 0 Å². The predicted molar refractivity (Wildman–Crippen MR) is 111 cm³/mol. The van der Waals surface area contributed by atoms with Crippen molar-refractivity contribution in [1.29, 1.82) is 0 Å². The summed E-state index contributed by atoms with van der Waals surface area (Å²) >= 11 is 0. The molecule has 0 radical (unpaired) electrons. The van der Waals surface area contributed by atoms with E-state index in [9.17, 15) is 0 Å². The first-order chi connectivity index (χ1) is 12.6. The lowest BCUT2D eigenvalue weighted by atomic mass is 9.90. The molecule has 0 unspecified atom stereocenters. The summed E-state index contributed by atoms with van der Waals surface area (Å²) in [4.78, 5) is 18.9. The molecule has 3 rings (SSSR count). The molecule has 1 aliphatic heterocycles. The number of piperazine rings is 1. The molecule has 0 aliphatic carbocycles. The van der Waals surface area contributed by atoms with E-state index in [2.05, 4.69) is 68.5 Å². The Bertz CT molecular complexity index is 718. The van der Waals surface area contributed by atoms with Gasteiger partial charge in [0.25, 0.3) is 0 Å². The van der Waals surface area contributed by atoms with Crippen LogP contribution >= 0.6 is 0 Å². The van der Waals surface area contributed by atoms with Gasteiger partial charge in [0.05, 0.1) is 5.69 Å². The molecule has 5 heteroatoms. The third-order valence-electron chi connectivity index (χ3n) is 4.98. The summed E-state index contributed by atoms with van der Waals surface area (Å²) in [7, 11) is 0. The summed E-state index contributed by atoms with van der Waals surface area (Å²) in [6.45, 7) is 18.2. The highest BCUT2D eigenvalue weighted by Crippen LogP contribution is 2.28. The first-order valence-corrected chi connectivity index (χ1v) is 9.89. The highest BCUT2D eigenvalue weighted by atomic mass is 15.3. The van der Waals surface area contributed by atoms with Crippen LogP contribution in [0.25, 0.3) is 0 Å². The van der Waals surface area contributed by atoms with Gasteiger partial charge in [-0.2, -0.15) is 0 Å². The van der Waals surface area contributed by atoms with Gasteiger partial charge in [0, 0.05) is 62.0 Å². The molecule has 1 saturated heterocycles. The van der Waals surface area contributed by atoms with Gasteiger partial charge in [0.15, 0.2) is 0 Å². The lowest BCUT2D eigenvalue weighted by Gasteiger charge is -2.36. The molecule has 5 nitrogen and oxygen atoms in total. The fourth-order valence-corrected chi connectivity index (χ4v) is 3.20. The van der Waals surface area contributed by atoms with Gasteiger partial charge < -0.3 is 4.90 Å². The van der Waals surface area contributed by atoms with E-state index < -0.39 is 0 Å². The summed E-state index contributed by atoms with van der Waals surface area (Å²) in [5.41, 5.74) is 2.35. The van der Waals surface area contributed by atoms with Crippen molar-refractivity contribution in [2.24, 2.45) is 0 Å². The topological polar surface area (TPSA) is 45.2 Å². The zero-order valence-corrected chi connectivity index (χ0v) is 17.7. The standard InChI is InChI=1S/C22H33N5/c1-21(2,3)18-14-19(25-20(24-18)22(4,5)6)27-12-10-26(11-13-27)16-17-8-7-9-23-15-17/h7-9,14-15H,10-13,16H2,1-6H3. The second kappa shape index (κ2) is 7.55. The maximum atomic E-state index is 4.94. The Labute approximate surface area is 163 Å². The molecule has 0 aromatic carbocycles. The lowest BCUT2D eigenvalue weighted by molar-refractivity contribution is 0.249. The maximum absolute atomic E-state index is 4.94. The third-order valence-corrected chi connectivity index (χ3v) is 4.98. The minimum atomic E-state index is -0.0574. The van der Waals surface area contributed by atoms with Crippen LogP contribution in [0.5, 0.6) is 0 Å². The number of nitrogens with zero attached hydrogens (tertiary/aromatic N) is 5. The van der Waals surface area contributed by atoms with Crippen LogP contribution in [-0.2, 0) is 17.4 Å². The van der Waals surface area contributed by atoms with Crippen molar-refractivity contribution in [2.75, 3.05) is 31.1 Å². The normalized spacial score (nSPS) is 16.6. The smallest absolute Gasteiger partial charge is 0.136 e. The van der Waals surface area contributed by atoms with Gasteiger partial charge in [-0.05, 0) is 11.6 Å². The average molecular weight is 368 g/mol. The van der Waals surface area contributed by atoms with Crippen molar-refractivity contribution >= 4 is 5.82 Å². The highest BCUT2D eigenvalue weighted by molar-refractivity contribution is 5.42. The molecule has 0 bridgehead atoms. The van der Waals surface area contributed by atoms with Crippen LogP contribution in [0, 0.1) is 0 Å². The number of pyridine rings is 1. The summed E-state index contributed by atoms with van der Waals surface area (Å²) in [6.07, 6.45) is 3.79. The fourth-order valence-electron chi connectivity index (χ4n) is 3.20. The van der Waals surface area contributed by atoms with E-state index in [0.717, 1.165) is 50.1 Å². The van der Waals surface area contributed by atoms with Crippen LogP contribution in [0.2, 0.25) is 0 Å². The van der Waals surface area contributed by atoms with Crippen molar-refractivity contribution in [1.82, 2.24) is 19.9 Å². The molecular formula is C22H33N5. The summed E-state index contributed by atoms with van der Waals surface area (Å²) in [6, 6.07) is 6.34. The predicted octanol–water partition coefficient (Wildman–Crippen LogP) is 3.79. The van der Waals surface area contributed by atoms with E-state index in [1.54, 1.807) is 0 Å². The Kier molecular flexibility index (Phi) is 5.52. The van der Waals surface area contributed by atoms with Crippen molar-refractivity contribution < 1.29 is 0 Å². The van der Waals surface area contributed by atoms with E-state index in [1.807, 2.05) is 18.5 Å². The Balaban J connectivity index is 1.75. The molecule has 0 saturated carbocycles. The second-order valence-corrected chi connectivity index (χ2v) is 9.56. The van der Waals surface area contributed by atoms with E-state index in [4.69, 9.17) is 9.97 Å². The molecule has 2 aromatic rings. The number of aromatic nitrogens is 3. The molecule has 1 aliphatic rings. The van der Waals surface area contributed by atoms with Crippen LogP contribution in [0.1, 0.15) is 58.6 Å². The molecule has 27 heavy (non-hydrogen) atoms. The summed E-state index contributed by atoms with van der Waals surface area (Å²) in [5.74, 6) is 2.00. The van der Waals surface area contributed by atoms with Gasteiger partial charge in [-0.25, -0.2) is 9.97 Å². The number of anilines is 1. The average Bonchev–Trinajstić information content (AvgIpc) is 2.61. The molecule has 146 valence electrons. The molecule has 0 atom stereocenters. The Morgan fingerprint density at radius 1 is 0.926 bits per heavy atom. The van der Waals surface area contributed by atoms with E-state index in [1.165, 1.54) is 5.56 Å². The van der Waals surface area contributed by atoms with Gasteiger partial charge in [0.1, 0.15) is 11.6 Å². The van der Waals surface area contributed by atoms with Crippen LogP contribution < -0.4 is 4.90 Å². The number of hydrogen-bond acceptors (Lipinski definition) is 5. The maximum Gasteiger partial charge on any atom is 0.136 e. The Hall–Kier alpha value is -2.01. The number of rotatable bonds is 3. The van der Waals surface area contributed by atoms with Gasteiger partial charge >= 0.3 is 0 Å². The van der Waals surface area contributed by atoms with Crippen molar-refractivity contribution in [3.63, 3.8) is 0 Å². The van der Waals surface area contributed by atoms with Crippen molar-refractivity contribution in [2.45, 2.75) is 58.9 Å².